The molecule has 0 unspecified atom stereocenters. The molecule has 2 heterocycles. The quantitative estimate of drug-likeness (QED) is 0.581. The van der Waals surface area contributed by atoms with Crippen LogP contribution in [0.5, 0.6) is 0 Å². The summed E-state index contributed by atoms with van der Waals surface area (Å²) in [7, 11) is 3.44. The fourth-order valence-electron chi connectivity index (χ4n) is 3.11. The van der Waals surface area contributed by atoms with E-state index in [0.717, 1.165) is 55.1 Å². The zero-order valence-electron chi connectivity index (χ0n) is 16.6. The summed E-state index contributed by atoms with van der Waals surface area (Å²) in [6, 6.07) is 7.62. The molecule has 0 radical (unpaired) electrons. The van der Waals surface area contributed by atoms with Crippen LogP contribution in [0.4, 0.5) is 5.13 Å². The van der Waals surface area contributed by atoms with Crippen molar-refractivity contribution in [1.82, 2.24) is 24.9 Å². The number of aryl methyl sites for hydroxylation is 1. The summed E-state index contributed by atoms with van der Waals surface area (Å²) < 4.78 is 4.38. The molecule has 8 nitrogen and oxygen atoms in total. The second-order valence-electron chi connectivity index (χ2n) is 6.50. The number of carbonyl (C=O) groups is 1. The number of hydrogen-bond acceptors (Lipinski definition) is 6. The molecule has 1 aliphatic heterocycles. The molecule has 3 rings (SSSR count). The Balaban J connectivity index is 1.54. The van der Waals surface area contributed by atoms with Gasteiger partial charge in [-0.2, -0.15) is 4.37 Å². The first-order valence-electron chi connectivity index (χ1n) is 9.48. The second kappa shape index (κ2) is 9.50. The third-order valence-electron chi connectivity index (χ3n) is 4.70. The van der Waals surface area contributed by atoms with Gasteiger partial charge in [0.2, 0.25) is 5.13 Å². The van der Waals surface area contributed by atoms with Crippen molar-refractivity contribution in [2.45, 2.75) is 19.9 Å². The predicted octanol–water partition coefficient (Wildman–Crippen LogP) is 1.36. The largest absolute Gasteiger partial charge is 0.355 e. The molecular weight excluding hydrogens is 374 g/mol. The highest BCUT2D eigenvalue weighted by molar-refractivity contribution is 7.09. The fourth-order valence-corrected chi connectivity index (χ4v) is 3.91. The number of benzene rings is 1. The molecule has 1 fully saturated rings. The minimum absolute atomic E-state index is 0.0785. The van der Waals surface area contributed by atoms with E-state index in [1.54, 1.807) is 14.1 Å². The minimum atomic E-state index is -0.0785. The molecule has 0 bridgehead atoms. The maximum Gasteiger partial charge on any atom is 0.251 e. The molecule has 1 aromatic carbocycles. The number of hydrogen-bond donors (Lipinski definition) is 2. The summed E-state index contributed by atoms with van der Waals surface area (Å²) >= 11 is 1.48. The molecule has 150 valence electrons. The SMILES string of the molecule is CCc1nsc(N2CCN(C(=NC)NCc3cccc(C(=O)NC)c3)CC2)n1. The number of carbonyl (C=O) groups excluding carboxylic acids is 1. The number of anilines is 1. The molecule has 1 aromatic heterocycles. The van der Waals surface area contributed by atoms with Crippen molar-refractivity contribution in [1.29, 1.82) is 0 Å². The average molecular weight is 402 g/mol. The molecule has 1 aliphatic rings. The highest BCUT2D eigenvalue weighted by atomic mass is 32.1. The molecule has 0 saturated carbocycles. The second-order valence-corrected chi connectivity index (χ2v) is 7.23. The Bertz CT molecular complexity index is 827. The van der Waals surface area contributed by atoms with Crippen molar-refractivity contribution in [2.24, 2.45) is 4.99 Å². The van der Waals surface area contributed by atoms with Gasteiger partial charge in [-0.05, 0) is 17.7 Å². The van der Waals surface area contributed by atoms with E-state index in [2.05, 4.69) is 41.7 Å². The molecule has 0 atom stereocenters. The topological polar surface area (TPSA) is 85.8 Å². The van der Waals surface area contributed by atoms with Crippen LogP contribution in [-0.2, 0) is 13.0 Å². The Morgan fingerprint density at radius 2 is 2.07 bits per heavy atom. The molecule has 28 heavy (non-hydrogen) atoms. The van der Waals surface area contributed by atoms with E-state index in [4.69, 9.17) is 0 Å². The van der Waals surface area contributed by atoms with Crippen LogP contribution in [0, 0.1) is 0 Å². The summed E-state index contributed by atoms with van der Waals surface area (Å²) in [5.74, 6) is 1.71. The van der Waals surface area contributed by atoms with Crippen molar-refractivity contribution in [3.8, 4) is 0 Å². The van der Waals surface area contributed by atoms with E-state index in [9.17, 15) is 4.79 Å². The summed E-state index contributed by atoms with van der Waals surface area (Å²) in [4.78, 5) is 25.3. The highest BCUT2D eigenvalue weighted by Crippen LogP contribution is 2.19. The lowest BCUT2D eigenvalue weighted by Crippen LogP contribution is -2.52. The molecule has 2 N–H and O–H groups in total. The van der Waals surface area contributed by atoms with Gasteiger partial charge in [-0.15, -0.1) is 0 Å². The van der Waals surface area contributed by atoms with Gasteiger partial charge in [-0.25, -0.2) is 4.98 Å². The molecule has 9 heteroatoms. The predicted molar refractivity (Wildman–Crippen MR) is 113 cm³/mol. The average Bonchev–Trinajstić information content (AvgIpc) is 3.23. The van der Waals surface area contributed by atoms with Crippen molar-refractivity contribution in [2.75, 3.05) is 45.2 Å². The van der Waals surface area contributed by atoms with Crippen molar-refractivity contribution < 1.29 is 4.79 Å². The van der Waals surface area contributed by atoms with Crippen LogP contribution in [0.25, 0.3) is 0 Å². The molecule has 1 saturated heterocycles. The number of aromatic nitrogens is 2. The van der Waals surface area contributed by atoms with Crippen LogP contribution < -0.4 is 15.5 Å². The highest BCUT2D eigenvalue weighted by Gasteiger charge is 2.22. The fraction of sp³-hybridized carbons (Fsp3) is 0.474. The van der Waals surface area contributed by atoms with Gasteiger partial charge in [-0.3, -0.25) is 9.79 Å². The van der Waals surface area contributed by atoms with E-state index in [0.29, 0.717) is 12.1 Å². The lowest BCUT2D eigenvalue weighted by atomic mass is 10.1. The van der Waals surface area contributed by atoms with Gasteiger partial charge in [0, 0.05) is 70.3 Å². The van der Waals surface area contributed by atoms with Crippen LogP contribution >= 0.6 is 11.5 Å². The first kappa shape index (κ1) is 20.1. The number of aliphatic imine (C=N–C) groups is 1. The molecular formula is C19H27N7OS. The number of amides is 1. The third kappa shape index (κ3) is 4.78. The van der Waals surface area contributed by atoms with E-state index >= 15 is 0 Å². The van der Waals surface area contributed by atoms with Crippen molar-refractivity contribution in [3.05, 3.63) is 41.2 Å². The molecule has 0 spiro atoms. The van der Waals surface area contributed by atoms with Crippen LogP contribution in [0.3, 0.4) is 0 Å². The Hall–Kier alpha value is -2.68. The van der Waals surface area contributed by atoms with E-state index in [1.165, 1.54) is 11.5 Å². The molecule has 2 aromatic rings. The van der Waals surface area contributed by atoms with E-state index in [-0.39, 0.29) is 5.91 Å². The first-order chi connectivity index (χ1) is 13.6. The Kier molecular flexibility index (Phi) is 6.80. The number of nitrogens with one attached hydrogen (secondary N) is 2. The van der Waals surface area contributed by atoms with Gasteiger partial charge in [0.1, 0.15) is 5.82 Å². The van der Waals surface area contributed by atoms with Gasteiger partial charge in [-0.1, -0.05) is 19.1 Å². The zero-order valence-corrected chi connectivity index (χ0v) is 17.4. The summed E-state index contributed by atoms with van der Waals surface area (Å²) in [5.41, 5.74) is 1.70. The Morgan fingerprint density at radius 3 is 2.71 bits per heavy atom. The van der Waals surface area contributed by atoms with Gasteiger partial charge in [0.05, 0.1) is 0 Å². The van der Waals surface area contributed by atoms with Crippen molar-refractivity contribution >= 4 is 28.5 Å². The Labute approximate surface area is 169 Å². The first-order valence-corrected chi connectivity index (χ1v) is 10.3. The monoisotopic (exact) mass is 401 g/mol. The molecule has 1 amide bonds. The van der Waals surface area contributed by atoms with Crippen LogP contribution in [0.15, 0.2) is 29.3 Å². The summed E-state index contributed by atoms with van der Waals surface area (Å²) in [6.07, 6.45) is 0.869. The van der Waals surface area contributed by atoms with Crippen LogP contribution in [0.2, 0.25) is 0 Å². The number of nitrogens with zero attached hydrogens (tertiary/aromatic N) is 5. The van der Waals surface area contributed by atoms with E-state index < -0.39 is 0 Å². The zero-order chi connectivity index (χ0) is 19.9. The molecule has 0 aliphatic carbocycles. The number of piperazine rings is 1. The van der Waals surface area contributed by atoms with Gasteiger partial charge >= 0.3 is 0 Å². The van der Waals surface area contributed by atoms with Gasteiger partial charge < -0.3 is 20.4 Å². The summed E-state index contributed by atoms with van der Waals surface area (Å²) in [6.45, 7) is 6.23. The lowest BCUT2D eigenvalue weighted by Gasteiger charge is -2.36. The third-order valence-corrected chi connectivity index (χ3v) is 5.52. The number of guanidine groups is 1. The minimum Gasteiger partial charge on any atom is -0.355 e. The van der Waals surface area contributed by atoms with Crippen LogP contribution in [0.1, 0.15) is 28.7 Å². The van der Waals surface area contributed by atoms with Crippen molar-refractivity contribution in [3.63, 3.8) is 0 Å². The normalized spacial score (nSPS) is 14.9. The van der Waals surface area contributed by atoms with Gasteiger partial charge in [0.15, 0.2) is 5.96 Å². The Morgan fingerprint density at radius 1 is 1.29 bits per heavy atom. The van der Waals surface area contributed by atoms with Crippen LogP contribution in [-0.4, -0.2) is 66.4 Å². The maximum atomic E-state index is 11.8. The number of rotatable bonds is 5. The smallest absolute Gasteiger partial charge is 0.251 e. The maximum absolute atomic E-state index is 11.8. The van der Waals surface area contributed by atoms with E-state index in [1.807, 2.05) is 24.3 Å². The standard InChI is InChI=1S/C19H27N7OS/c1-4-16-23-19(28-24-16)26-10-8-25(9-11-26)18(21-3)22-13-14-6-5-7-15(12-14)17(27)20-2/h5-7,12H,4,8-11,13H2,1-3H3,(H,20,27)(H,21,22). The summed E-state index contributed by atoms with van der Waals surface area (Å²) in [5, 5.41) is 7.07. The lowest BCUT2D eigenvalue weighted by molar-refractivity contribution is 0.0963. The van der Waals surface area contributed by atoms with Gasteiger partial charge in [0.25, 0.3) is 5.91 Å².